The zero-order valence-electron chi connectivity index (χ0n) is 9.49. The summed E-state index contributed by atoms with van der Waals surface area (Å²) in [7, 11) is 2.26. The molecule has 1 fully saturated rings. The lowest BCUT2D eigenvalue weighted by Gasteiger charge is -2.06. The van der Waals surface area contributed by atoms with Crippen LogP contribution in [0.1, 0.15) is 0 Å². The maximum atomic E-state index is 11.3. The lowest BCUT2D eigenvalue weighted by atomic mass is 10.1. The first-order valence-corrected chi connectivity index (χ1v) is 4.91. The number of carbonyl (C=O) groups is 2. The standard InChI is InChI=1S/C10H13NO6/c1-4-5-6(7(5)9(12)16-2)8(11(14)15)10(13)17-3/h4-8H,1H2,2-3H3/t5-,6+,7+,8-/m1/s1. The molecule has 0 saturated heterocycles. The minimum atomic E-state index is -1.55. The van der Waals surface area contributed by atoms with E-state index < -0.39 is 40.7 Å². The van der Waals surface area contributed by atoms with Gasteiger partial charge in [-0.1, -0.05) is 6.08 Å². The van der Waals surface area contributed by atoms with Crippen molar-refractivity contribution in [3.05, 3.63) is 22.8 Å². The number of nitro groups is 1. The second kappa shape index (κ2) is 4.94. The molecule has 0 aromatic rings. The highest BCUT2D eigenvalue weighted by Gasteiger charge is 2.64. The molecule has 0 amide bonds. The van der Waals surface area contributed by atoms with Crippen molar-refractivity contribution in [1.29, 1.82) is 0 Å². The molecule has 1 saturated carbocycles. The predicted molar refractivity (Wildman–Crippen MR) is 55.5 cm³/mol. The Hall–Kier alpha value is -1.92. The van der Waals surface area contributed by atoms with E-state index in [1.54, 1.807) is 0 Å². The Morgan fingerprint density at radius 1 is 1.41 bits per heavy atom. The Morgan fingerprint density at radius 3 is 2.35 bits per heavy atom. The van der Waals surface area contributed by atoms with Gasteiger partial charge in [-0.25, -0.2) is 4.79 Å². The Bertz CT molecular complexity index is 366. The van der Waals surface area contributed by atoms with E-state index in [2.05, 4.69) is 16.1 Å². The lowest BCUT2D eigenvalue weighted by Crippen LogP contribution is -2.34. The SMILES string of the molecule is C=C[C@H]1[C@H](C(=O)OC)[C@H]1[C@H](C(=O)OC)[N+](=O)[O-]. The van der Waals surface area contributed by atoms with Crippen LogP contribution in [-0.2, 0) is 19.1 Å². The van der Waals surface area contributed by atoms with Crippen molar-refractivity contribution >= 4 is 11.9 Å². The largest absolute Gasteiger partial charge is 0.469 e. The van der Waals surface area contributed by atoms with Crippen molar-refractivity contribution in [3.63, 3.8) is 0 Å². The molecule has 7 heteroatoms. The molecule has 0 bridgehead atoms. The van der Waals surface area contributed by atoms with E-state index in [1.165, 1.54) is 13.2 Å². The Balaban J connectivity index is 2.90. The van der Waals surface area contributed by atoms with Crippen molar-refractivity contribution < 1.29 is 24.0 Å². The number of hydrogen-bond acceptors (Lipinski definition) is 6. The monoisotopic (exact) mass is 243 g/mol. The molecule has 0 N–H and O–H groups in total. The fraction of sp³-hybridized carbons (Fsp3) is 0.600. The number of rotatable bonds is 5. The van der Waals surface area contributed by atoms with Crippen LogP contribution in [0.25, 0.3) is 0 Å². The normalized spacial score (nSPS) is 27.8. The summed E-state index contributed by atoms with van der Waals surface area (Å²) in [5.41, 5.74) is 0. The van der Waals surface area contributed by atoms with Gasteiger partial charge in [0.05, 0.1) is 26.1 Å². The molecule has 0 aliphatic heterocycles. The third-order valence-corrected chi connectivity index (χ3v) is 2.91. The van der Waals surface area contributed by atoms with Crippen LogP contribution in [0.3, 0.4) is 0 Å². The van der Waals surface area contributed by atoms with Crippen LogP contribution < -0.4 is 0 Å². The first kappa shape index (κ1) is 13.1. The molecule has 0 aromatic carbocycles. The average Bonchev–Trinajstić information content (AvgIpc) is 3.01. The van der Waals surface area contributed by atoms with Crippen LogP contribution in [0.2, 0.25) is 0 Å². The van der Waals surface area contributed by atoms with Crippen LogP contribution in [-0.4, -0.2) is 37.1 Å². The average molecular weight is 243 g/mol. The lowest BCUT2D eigenvalue weighted by molar-refractivity contribution is -0.515. The molecule has 0 aromatic heterocycles. The summed E-state index contributed by atoms with van der Waals surface area (Å²) < 4.78 is 8.88. The van der Waals surface area contributed by atoms with Crippen LogP contribution in [0, 0.1) is 27.9 Å². The summed E-state index contributed by atoms with van der Waals surface area (Å²) in [6, 6.07) is -1.55. The van der Waals surface area contributed by atoms with E-state index in [1.807, 2.05) is 0 Å². The zero-order valence-corrected chi connectivity index (χ0v) is 9.49. The highest BCUT2D eigenvalue weighted by atomic mass is 16.6. The topological polar surface area (TPSA) is 95.7 Å². The molecule has 0 radical (unpaired) electrons. The van der Waals surface area contributed by atoms with Gasteiger partial charge in [0.2, 0.25) is 0 Å². The quantitative estimate of drug-likeness (QED) is 0.292. The van der Waals surface area contributed by atoms with E-state index in [9.17, 15) is 19.7 Å². The van der Waals surface area contributed by atoms with Crippen LogP contribution in [0.5, 0.6) is 0 Å². The summed E-state index contributed by atoms with van der Waals surface area (Å²) in [6.07, 6.45) is 1.42. The van der Waals surface area contributed by atoms with Gasteiger partial charge in [0.15, 0.2) is 0 Å². The molecule has 4 atom stereocenters. The minimum absolute atomic E-state index is 0.419. The number of esters is 2. The van der Waals surface area contributed by atoms with Gasteiger partial charge in [-0.3, -0.25) is 14.9 Å². The zero-order chi connectivity index (χ0) is 13.2. The Kier molecular flexibility index (Phi) is 3.82. The number of allylic oxidation sites excluding steroid dienone is 1. The number of nitrogens with zero attached hydrogens (tertiary/aromatic N) is 1. The summed E-state index contributed by atoms with van der Waals surface area (Å²) in [5.74, 6) is -3.37. The Morgan fingerprint density at radius 2 is 2.00 bits per heavy atom. The molecule has 94 valence electrons. The van der Waals surface area contributed by atoms with Crippen LogP contribution >= 0.6 is 0 Å². The molecule has 0 spiro atoms. The van der Waals surface area contributed by atoms with Gasteiger partial charge in [0.1, 0.15) is 0 Å². The summed E-state index contributed by atoms with van der Waals surface area (Å²) in [4.78, 5) is 32.7. The molecular weight excluding hydrogens is 230 g/mol. The van der Waals surface area contributed by atoms with Crippen molar-refractivity contribution in [1.82, 2.24) is 0 Å². The number of ether oxygens (including phenoxy) is 2. The molecule has 17 heavy (non-hydrogen) atoms. The van der Waals surface area contributed by atoms with Crippen molar-refractivity contribution in [2.24, 2.45) is 17.8 Å². The van der Waals surface area contributed by atoms with E-state index in [-0.39, 0.29) is 0 Å². The number of carbonyl (C=O) groups excluding carboxylic acids is 2. The number of hydrogen-bond donors (Lipinski definition) is 0. The van der Waals surface area contributed by atoms with E-state index in [0.29, 0.717) is 0 Å². The fourth-order valence-electron chi connectivity index (χ4n) is 2.02. The third kappa shape index (κ3) is 2.27. The third-order valence-electron chi connectivity index (χ3n) is 2.91. The van der Waals surface area contributed by atoms with Crippen molar-refractivity contribution in [2.75, 3.05) is 14.2 Å². The first-order valence-electron chi connectivity index (χ1n) is 4.91. The molecular formula is C10H13NO6. The number of methoxy groups -OCH3 is 2. The van der Waals surface area contributed by atoms with Gasteiger partial charge in [0.25, 0.3) is 0 Å². The smallest absolute Gasteiger partial charge is 0.381 e. The van der Waals surface area contributed by atoms with Gasteiger partial charge in [-0.2, -0.15) is 0 Å². The van der Waals surface area contributed by atoms with Crippen molar-refractivity contribution in [3.8, 4) is 0 Å². The minimum Gasteiger partial charge on any atom is -0.469 e. The predicted octanol–water partition coefficient (Wildman–Crippen LogP) is 0.0259. The van der Waals surface area contributed by atoms with Gasteiger partial charge >= 0.3 is 18.0 Å². The van der Waals surface area contributed by atoms with Crippen LogP contribution in [0.15, 0.2) is 12.7 Å². The maximum Gasteiger partial charge on any atom is 0.381 e. The molecule has 7 nitrogen and oxygen atoms in total. The highest BCUT2D eigenvalue weighted by molar-refractivity contribution is 5.82. The summed E-state index contributed by atoms with van der Waals surface area (Å²) >= 11 is 0. The van der Waals surface area contributed by atoms with E-state index in [4.69, 9.17) is 0 Å². The molecule has 0 unspecified atom stereocenters. The molecule has 1 rings (SSSR count). The summed E-state index contributed by atoms with van der Waals surface area (Å²) in [6.45, 7) is 3.48. The molecule has 1 aliphatic rings. The van der Waals surface area contributed by atoms with Gasteiger partial charge < -0.3 is 9.47 Å². The van der Waals surface area contributed by atoms with E-state index >= 15 is 0 Å². The van der Waals surface area contributed by atoms with Gasteiger partial charge in [-0.05, 0) is 0 Å². The first-order chi connectivity index (χ1) is 7.99. The highest BCUT2D eigenvalue weighted by Crippen LogP contribution is 2.51. The Labute approximate surface area is 97.5 Å². The second-order valence-corrected chi connectivity index (χ2v) is 3.69. The second-order valence-electron chi connectivity index (χ2n) is 3.69. The molecule has 1 aliphatic carbocycles. The van der Waals surface area contributed by atoms with Crippen LogP contribution in [0.4, 0.5) is 0 Å². The maximum absolute atomic E-state index is 11.3. The van der Waals surface area contributed by atoms with Crippen molar-refractivity contribution in [2.45, 2.75) is 6.04 Å². The van der Waals surface area contributed by atoms with E-state index in [0.717, 1.165) is 7.11 Å². The van der Waals surface area contributed by atoms with Gasteiger partial charge in [0, 0.05) is 10.8 Å². The summed E-state index contributed by atoms with van der Waals surface area (Å²) in [5, 5.41) is 10.8. The van der Waals surface area contributed by atoms with Gasteiger partial charge in [-0.15, -0.1) is 6.58 Å². The fourth-order valence-corrected chi connectivity index (χ4v) is 2.02. The molecule has 0 heterocycles.